The van der Waals surface area contributed by atoms with Gasteiger partial charge in [-0.2, -0.15) is 5.10 Å². The summed E-state index contributed by atoms with van der Waals surface area (Å²) in [7, 11) is 0. The average molecular weight is 410 g/mol. The maximum atomic E-state index is 12.7. The van der Waals surface area contributed by atoms with Crippen molar-refractivity contribution in [3.63, 3.8) is 0 Å². The highest BCUT2D eigenvalue weighted by Crippen LogP contribution is 2.34. The molecule has 1 aliphatic rings. The molecule has 0 aliphatic carbocycles. The molecular formula is C19H14N4O3S2. The Kier molecular flexibility index (Phi) is 4.84. The van der Waals surface area contributed by atoms with Crippen molar-refractivity contribution < 1.29 is 15.0 Å². The van der Waals surface area contributed by atoms with Gasteiger partial charge in [0.05, 0.1) is 17.1 Å². The molecule has 4 rings (SSSR count). The van der Waals surface area contributed by atoms with Crippen LogP contribution in [0.2, 0.25) is 0 Å². The minimum atomic E-state index is -0.231. The minimum Gasteiger partial charge on any atom is -0.504 e. The first-order valence-corrected chi connectivity index (χ1v) is 9.45. The molecule has 3 aromatic rings. The third-order valence-electron chi connectivity index (χ3n) is 4.13. The molecule has 0 saturated carbocycles. The van der Waals surface area contributed by atoms with Gasteiger partial charge in [-0.3, -0.25) is 9.69 Å². The molecule has 2 N–H and O–H groups in total. The zero-order valence-corrected chi connectivity index (χ0v) is 16.0. The summed E-state index contributed by atoms with van der Waals surface area (Å²) in [6.07, 6.45) is 4.87. The average Bonchev–Trinajstić information content (AvgIpc) is 3.30. The van der Waals surface area contributed by atoms with Gasteiger partial charge in [-0.05, 0) is 41.5 Å². The second kappa shape index (κ2) is 7.45. The number of aromatic hydroxyl groups is 2. The number of hydrogen-bond acceptors (Lipinski definition) is 7. The molecule has 7 nitrogen and oxygen atoms in total. The first kappa shape index (κ1) is 18.2. The Morgan fingerprint density at radius 2 is 1.89 bits per heavy atom. The predicted molar refractivity (Wildman–Crippen MR) is 110 cm³/mol. The molecule has 2 aromatic carbocycles. The lowest BCUT2D eigenvalue weighted by Gasteiger charge is -2.14. The maximum Gasteiger partial charge on any atom is 0.266 e. The van der Waals surface area contributed by atoms with Crippen LogP contribution in [0.25, 0.3) is 11.8 Å². The molecule has 2 heterocycles. The van der Waals surface area contributed by atoms with Crippen LogP contribution in [0, 0.1) is 0 Å². The lowest BCUT2D eigenvalue weighted by Crippen LogP contribution is -2.27. The largest absolute Gasteiger partial charge is 0.504 e. The van der Waals surface area contributed by atoms with Gasteiger partial charge in [0.2, 0.25) is 0 Å². The lowest BCUT2D eigenvalue weighted by molar-refractivity contribution is -0.122. The molecule has 28 heavy (non-hydrogen) atoms. The molecule has 1 fully saturated rings. The van der Waals surface area contributed by atoms with E-state index in [1.165, 1.54) is 35.1 Å². The monoisotopic (exact) mass is 410 g/mol. The molecule has 1 aliphatic heterocycles. The Morgan fingerprint density at radius 3 is 2.57 bits per heavy atom. The van der Waals surface area contributed by atoms with E-state index in [-0.39, 0.29) is 24.0 Å². The van der Waals surface area contributed by atoms with Crippen molar-refractivity contribution in [3.8, 4) is 17.2 Å². The SMILES string of the molecule is O=C1C(=Cc2ccc(-n3cncn3)cc2)SC(=S)N1Cc1ccc(O)c(O)c1. The normalized spacial score (nSPS) is 15.6. The number of thiocarbonyl (C=S) groups is 1. The van der Waals surface area contributed by atoms with Crippen molar-refractivity contribution in [3.05, 3.63) is 71.2 Å². The van der Waals surface area contributed by atoms with Crippen LogP contribution < -0.4 is 0 Å². The van der Waals surface area contributed by atoms with Crippen LogP contribution in [-0.2, 0) is 11.3 Å². The van der Waals surface area contributed by atoms with E-state index in [9.17, 15) is 15.0 Å². The maximum absolute atomic E-state index is 12.7. The van der Waals surface area contributed by atoms with Crippen LogP contribution in [0.3, 0.4) is 0 Å². The van der Waals surface area contributed by atoms with Gasteiger partial charge in [-0.25, -0.2) is 9.67 Å². The van der Waals surface area contributed by atoms with Crippen LogP contribution in [0.15, 0.2) is 60.0 Å². The van der Waals surface area contributed by atoms with Crippen molar-refractivity contribution >= 4 is 40.3 Å². The van der Waals surface area contributed by atoms with Crippen molar-refractivity contribution in [2.45, 2.75) is 6.54 Å². The summed E-state index contributed by atoms with van der Waals surface area (Å²) >= 11 is 6.57. The van der Waals surface area contributed by atoms with E-state index in [1.54, 1.807) is 23.2 Å². The highest BCUT2D eigenvalue weighted by molar-refractivity contribution is 8.26. The number of aromatic nitrogens is 3. The fourth-order valence-electron chi connectivity index (χ4n) is 2.70. The number of amides is 1. The van der Waals surface area contributed by atoms with Gasteiger partial charge in [0.15, 0.2) is 11.5 Å². The standard InChI is InChI=1S/C19H14N4O3S2/c24-15-6-3-13(7-16(15)25)9-22-18(26)17(28-19(22)27)8-12-1-4-14(5-2-12)23-11-20-10-21-23/h1-8,10-11,24-25H,9H2. The summed E-state index contributed by atoms with van der Waals surface area (Å²) in [5.74, 6) is -0.628. The van der Waals surface area contributed by atoms with E-state index in [0.717, 1.165) is 11.3 Å². The minimum absolute atomic E-state index is 0.192. The number of phenols is 2. The van der Waals surface area contributed by atoms with Crippen molar-refractivity contribution in [1.29, 1.82) is 0 Å². The Balaban J connectivity index is 1.52. The number of thioether (sulfide) groups is 1. The van der Waals surface area contributed by atoms with Crippen LogP contribution in [0.4, 0.5) is 0 Å². The smallest absolute Gasteiger partial charge is 0.266 e. The summed E-state index contributed by atoms with van der Waals surface area (Å²) in [4.78, 5) is 18.7. The number of carbonyl (C=O) groups excluding carboxylic acids is 1. The molecule has 1 amide bonds. The molecule has 1 saturated heterocycles. The summed E-state index contributed by atoms with van der Waals surface area (Å²) < 4.78 is 2.10. The van der Waals surface area contributed by atoms with E-state index in [1.807, 2.05) is 24.3 Å². The van der Waals surface area contributed by atoms with Crippen molar-refractivity contribution in [1.82, 2.24) is 19.7 Å². The molecule has 0 unspecified atom stereocenters. The van der Waals surface area contributed by atoms with Gasteiger partial charge >= 0.3 is 0 Å². The molecule has 0 radical (unpaired) electrons. The quantitative estimate of drug-likeness (QED) is 0.388. The van der Waals surface area contributed by atoms with Crippen LogP contribution in [0.5, 0.6) is 11.5 Å². The third-order valence-corrected chi connectivity index (χ3v) is 5.51. The van der Waals surface area contributed by atoms with E-state index >= 15 is 0 Å². The Labute approximate surface area is 169 Å². The van der Waals surface area contributed by atoms with Crippen LogP contribution in [-0.4, -0.2) is 40.1 Å². The first-order chi connectivity index (χ1) is 13.5. The number of hydrogen-bond donors (Lipinski definition) is 2. The van der Waals surface area contributed by atoms with E-state index in [4.69, 9.17) is 12.2 Å². The highest BCUT2D eigenvalue weighted by atomic mass is 32.2. The third kappa shape index (κ3) is 3.62. The first-order valence-electron chi connectivity index (χ1n) is 8.22. The zero-order chi connectivity index (χ0) is 19.7. The van der Waals surface area contributed by atoms with Gasteiger partial charge < -0.3 is 10.2 Å². The molecule has 9 heteroatoms. The zero-order valence-electron chi connectivity index (χ0n) is 14.4. The number of phenolic OH excluding ortho intramolecular Hbond substituents is 2. The predicted octanol–water partition coefficient (Wildman–Crippen LogP) is 3.08. The fourth-order valence-corrected chi connectivity index (χ4v) is 3.96. The Bertz CT molecular complexity index is 1080. The van der Waals surface area contributed by atoms with Crippen LogP contribution >= 0.6 is 24.0 Å². The lowest BCUT2D eigenvalue weighted by atomic mass is 10.1. The Hall–Kier alpha value is -3.17. The fraction of sp³-hybridized carbons (Fsp3) is 0.0526. The highest BCUT2D eigenvalue weighted by Gasteiger charge is 2.32. The second-order valence-electron chi connectivity index (χ2n) is 6.02. The molecule has 0 spiro atoms. The van der Waals surface area contributed by atoms with E-state index < -0.39 is 0 Å². The summed E-state index contributed by atoms with van der Waals surface area (Å²) in [6.45, 7) is 0.223. The second-order valence-corrected chi connectivity index (χ2v) is 7.70. The van der Waals surface area contributed by atoms with E-state index in [0.29, 0.717) is 14.8 Å². The Morgan fingerprint density at radius 1 is 1.11 bits per heavy atom. The van der Waals surface area contributed by atoms with Crippen LogP contribution in [0.1, 0.15) is 11.1 Å². The van der Waals surface area contributed by atoms with Gasteiger partial charge in [0, 0.05) is 0 Å². The summed E-state index contributed by atoms with van der Waals surface area (Å²) in [5, 5.41) is 23.1. The summed E-state index contributed by atoms with van der Waals surface area (Å²) in [6, 6.07) is 12.0. The topological polar surface area (TPSA) is 91.5 Å². The van der Waals surface area contributed by atoms with E-state index in [2.05, 4.69) is 10.1 Å². The van der Waals surface area contributed by atoms with Gasteiger partial charge in [0.1, 0.15) is 17.0 Å². The number of rotatable bonds is 4. The number of carbonyl (C=O) groups is 1. The van der Waals surface area contributed by atoms with Crippen molar-refractivity contribution in [2.75, 3.05) is 0 Å². The molecular weight excluding hydrogens is 396 g/mol. The van der Waals surface area contributed by atoms with Gasteiger partial charge in [-0.15, -0.1) is 0 Å². The number of nitrogens with zero attached hydrogens (tertiary/aromatic N) is 4. The summed E-state index contributed by atoms with van der Waals surface area (Å²) in [5.41, 5.74) is 2.41. The van der Waals surface area contributed by atoms with Crippen molar-refractivity contribution in [2.24, 2.45) is 0 Å². The molecule has 0 bridgehead atoms. The molecule has 0 atom stereocenters. The van der Waals surface area contributed by atoms with Gasteiger partial charge in [-0.1, -0.05) is 42.2 Å². The van der Waals surface area contributed by atoms with Gasteiger partial charge in [0.25, 0.3) is 5.91 Å². The number of benzene rings is 2. The molecule has 1 aromatic heterocycles. The molecule has 140 valence electrons.